The molecule has 2 aliphatic heterocycles. The summed E-state index contributed by atoms with van der Waals surface area (Å²) in [5.41, 5.74) is 2.86. The summed E-state index contributed by atoms with van der Waals surface area (Å²) >= 11 is 0. The van der Waals surface area contributed by atoms with Gasteiger partial charge in [-0.15, -0.1) is 0 Å². The molecule has 2 aliphatic rings. The fraction of sp³-hybridized carbons (Fsp3) is 0.280. The summed E-state index contributed by atoms with van der Waals surface area (Å²) < 4.78 is 11.5. The molecule has 5 rings (SSSR count). The minimum Gasteiger partial charge on any atom is -0.497 e. The van der Waals surface area contributed by atoms with Crippen LogP contribution in [0.15, 0.2) is 61.1 Å². The van der Waals surface area contributed by atoms with Gasteiger partial charge in [-0.1, -0.05) is 18.2 Å². The van der Waals surface area contributed by atoms with Crippen LogP contribution < -0.4 is 14.8 Å². The van der Waals surface area contributed by atoms with Crippen LogP contribution in [0.5, 0.6) is 11.5 Å². The predicted octanol–water partition coefficient (Wildman–Crippen LogP) is 2.31. The van der Waals surface area contributed by atoms with Crippen LogP contribution in [0.4, 0.5) is 5.69 Å². The molecular weight excluding hydrogens is 434 g/mol. The smallest absolute Gasteiger partial charge is 0.274 e. The third-order valence-corrected chi connectivity index (χ3v) is 6.11. The quantitative estimate of drug-likeness (QED) is 0.642. The monoisotopic (exact) mass is 459 g/mol. The maximum absolute atomic E-state index is 12.9. The van der Waals surface area contributed by atoms with E-state index in [9.17, 15) is 9.59 Å². The lowest BCUT2D eigenvalue weighted by molar-refractivity contribution is -0.118. The molecule has 9 heteroatoms. The van der Waals surface area contributed by atoms with Crippen LogP contribution in [-0.2, 0) is 4.79 Å². The number of benzene rings is 2. The number of fused-ring (bicyclic) bond motifs is 2. The van der Waals surface area contributed by atoms with Gasteiger partial charge in [0.05, 0.1) is 31.6 Å². The van der Waals surface area contributed by atoms with Gasteiger partial charge in [0.2, 0.25) is 5.91 Å². The molecule has 0 unspecified atom stereocenters. The molecular formula is C25H25N5O4. The normalized spacial score (nSPS) is 18.3. The topological polar surface area (TPSA) is 96.9 Å². The minimum absolute atomic E-state index is 0.117. The number of ether oxygens (including phenoxy) is 2. The number of hydrogen-bond acceptors (Lipinski definition) is 7. The maximum Gasteiger partial charge on any atom is 0.274 e. The Bertz CT molecular complexity index is 1200. The van der Waals surface area contributed by atoms with Crippen LogP contribution in [0.2, 0.25) is 0 Å². The average Bonchev–Trinajstić information content (AvgIpc) is 2.94. The molecule has 0 bridgehead atoms. The zero-order valence-corrected chi connectivity index (χ0v) is 18.8. The molecule has 2 aromatic carbocycles. The fourth-order valence-electron chi connectivity index (χ4n) is 4.31. The van der Waals surface area contributed by atoms with E-state index in [1.807, 2.05) is 42.5 Å². The van der Waals surface area contributed by atoms with Gasteiger partial charge < -0.3 is 19.7 Å². The van der Waals surface area contributed by atoms with Gasteiger partial charge in [0.1, 0.15) is 23.8 Å². The molecule has 2 amide bonds. The number of carbonyl (C=O) groups excluding carboxylic acids is 2. The van der Waals surface area contributed by atoms with Crippen molar-refractivity contribution in [3.05, 3.63) is 66.7 Å². The van der Waals surface area contributed by atoms with Crippen molar-refractivity contribution >= 4 is 17.5 Å². The van der Waals surface area contributed by atoms with Gasteiger partial charge in [0, 0.05) is 32.0 Å². The van der Waals surface area contributed by atoms with E-state index in [1.165, 1.54) is 18.6 Å². The van der Waals surface area contributed by atoms with Gasteiger partial charge in [-0.3, -0.25) is 19.5 Å². The van der Waals surface area contributed by atoms with E-state index in [0.717, 1.165) is 16.9 Å². The number of amides is 2. The summed E-state index contributed by atoms with van der Waals surface area (Å²) in [5, 5.41) is 3.00. The van der Waals surface area contributed by atoms with E-state index in [1.54, 1.807) is 12.0 Å². The number of nitrogens with zero attached hydrogens (tertiary/aromatic N) is 4. The second-order valence-electron chi connectivity index (χ2n) is 8.27. The van der Waals surface area contributed by atoms with Crippen molar-refractivity contribution in [2.75, 3.05) is 45.2 Å². The Labute approximate surface area is 197 Å². The summed E-state index contributed by atoms with van der Waals surface area (Å²) in [7, 11) is 1.63. The minimum atomic E-state index is -0.166. The van der Waals surface area contributed by atoms with Crippen molar-refractivity contribution in [2.45, 2.75) is 6.04 Å². The van der Waals surface area contributed by atoms with Crippen molar-refractivity contribution < 1.29 is 19.1 Å². The van der Waals surface area contributed by atoms with E-state index in [0.29, 0.717) is 43.4 Å². The zero-order chi connectivity index (χ0) is 23.5. The molecule has 3 aromatic rings. The lowest BCUT2D eigenvalue weighted by Crippen LogP contribution is -2.58. The van der Waals surface area contributed by atoms with Crippen LogP contribution in [0.1, 0.15) is 10.5 Å². The lowest BCUT2D eigenvalue weighted by atomic mass is 10.0. The molecule has 1 saturated heterocycles. The molecule has 1 aromatic heterocycles. The molecule has 1 fully saturated rings. The molecule has 0 aliphatic carbocycles. The summed E-state index contributed by atoms with van der Waals surface area (Å²) in [6.07, 6.45) is 4.52. The molecule has 3 heterocycles. The zero-order valence-electron chi connectivity index (χ0n) is 18.8. The van der Waals surface area contributed by atoms with Crippen LogP contribution in [0.3, 0.4) is 0 Å². The molecule has 1 atom stereocenters. The summed E-state index contributed by atoms with van der Waals surface area (Å²) in [6, 6.07) is 13.4. The highest BCUT2D eigenvalue weighted by molar-refractivity contribution is 5.95. The van der Waals surface area contributed by atoms with Crippen molar-refractivity contribution in [3.8, 4) is 22.6 Å². The van der Waals surface area contributed by atoms with Crippen LogP contribution in [0, 0.1) is 0 Å². The Kier molecular flexibility index (Phi) is 6.09. The number of anilines is 1. The van der Waals surface area contributed by atoms with Gasteiger partial charge >= 0.3 is 0 Å². The van der Waals surface area contributed by atoms with E-state index in [4.69, 9.17) is 9.47 Å². The number of rotatable bonds is 3. The van der Waals surface area contributed by atoms with Crippen molar-refractivity contribution in [1.29, 1.82) is 0 Å². The Morgan fingerprint density at radius 2 is 2.03 bits per heavy atom. The van der Waals surface area contributed by atoms with Crippen molar-refractivity contribution in [3.63, 3.8) is 0 Å². The summed E-state index contributed by atoms with van der Waals surface area (Å²) in [4.78, 5) is 37.6. The lowest BCUT2D eigenvalue weighted by Gasteiger charge is -2.40. The van der Waals surface area contributed by atoms with E-state index in [-0.39, 0.29) is 24.4 Å². The Morgan fingerprint density at radius 3 is 2.85 bits per heavy atom. The van der Waals surface area contributed by atoms with Crippen LogP contribution >= 0.6 is 0 Å². The van der Waals surface area contributed by atoms with Gasteiger partial charge in [-0.2, -0.15) is 0 Å². The number of carbonyl (C=O) groups is 2. The second-order valence-corrected chi connectivity index (χ2v) is 8.27. The van der Waals surface area contributed by atoms with Gasteiger partial charge in [0.15, 0.2) is 0 Å². The number of piperazine rings is 1. The fourth-order valence-corrected chi connectivity index (χ4v) is 4.31. The highest BCUT2D eigenvalue weighted by Gasteiger charge is 2.33. The van der Waals surface area contributed by atoms with Gasteiger partial charge in [-0.05, 0) is 35.4 Å². The SMILES string of the molecule is COc1cccc(-c2ccc3c(c2)NC(=O)CN2CCN(C(=O)c4cnccn4)C[C@@H]2CO3)c1. The molecule has 1 N–H and O–H groups in total. The first-order chi connectivity index (χ1) is 16.6. The Morgan fingerprint density at radius 1 is 1.15 bits per heavy atom. The van der Waals surface area contributed by atoms with Gasteiger partial charge in [0.25, 0.3) is 5.91 Å². The summed E-state index contributed by atoms with van der Waals surface area (Å²) in [5.74, 6) is 1.08. The maximum atomic E-state index is 12.9. The number of nitrogens with one attached hydrogen (secondary N) is 1. The van der Waals surface area contributed by atoms with E-state index >= 15 is 0 Å². The molecule has 34 heavy (non-hydrogen) atoms. The third kappa shape index (κ3) is 4.55. The molecule has 0 spiro atoms. The number of aromatic nitrogens is 2. The number of hydrogen-bond donors (Lipinski definition) is 1. The molecule has 0 radical (unpaired) electrons. The van der Waals surface area contributed by atoms with Crippen LogP contribution in [0.25, 0.3) is 11.1 Å². The molecule has 0 saturated carbocycles. The number of methoxy groups -OCH3 is 1. The largest absolute Gasteiger partial charge is 0.497 e. The van der Waals surface area contributed by atoms with Gasteiger partial charge in [-0.25, -0.2) is 4.98 Å². The summed E-state index contributed by atoms with van der Waals surface area (Å²) in [6.45, 7) is 2.10. The first-order valence-electron chi connectivity index (χ1n) is 11.1. The van der Waals surface area contributed by atoms with E-state index < -0.39 is 0 Å². The van der Waals surface area contributed by atoms with Crippen molar-refractivity contribution in [2.24, 2.45) is 0 Å². The Hall–Kier alpha value is -3.98. The Balaban J connectivity index is 1.36. The molecule has 9 nitrogen and oxygen atoms in total. The molecule has 174 valence electrons. The van der Waals surface area contributed by atoms with E-state index in [2.05, 4.69) is 20.2 Å². The van der Waals surface area contributed by atoms with Crippen molar-refractivity contribution in [1.82, 2.24) is 19.8 Å². The predicted molar refractivity (Wildman–Crippen MR) is 126 cm³/mol. The standard InChI is InChI=1S/C25H25N5O4/c1-33-20-4-2-3-17(11-20)18-5-6-23-21(12-18)28-24(31)15-29-9-10-30(14-19(29)16-34-23)25(32)22-13-26-7-8-27-22/h2-8,11-13,19H,9-10,14-16H2,1H3,(H,28,31)/t19-/m1/s1. The highest BCUT2D eigenvalue weighted by Crippen LogP contribution is 2.33. The third-order valence-electron chi connectivity index (χ3n) is 6.11. The first-order valence-corrected chi connectivity index (χ1v) is 11.1. The van der Waals surface area contributed by atoms with Crippen LogP contribution in [-0.4, -0.2) is 77.5 Å². The first kappa shape index (κ1) is 21.8. The average molecular weight is 460 g/mol. The highest BCUT2D eigenvalue weighted by atomic mass is 16.5. The second kappa shape index (κ2) is 9.48.